The van der Waals surface area contributed by atoms with Crippen molar-refractivity contribution in [1.29, 1.82) is 0 Å². The number of benzene rings is 2. The number of hydrogen-bond donors (Lipinski definition) is 2. The summed E-state index contributed by atoms with van der Waals surface area (Å²) in [7, 11) is 0. The number of anilines is 2. The summed E-state index contributed by atoms with van der Waals surface area (Å²) in [5.74, 6) is 0.867. The van der Waals surface area contributed by atoms with Gasteiger partial charge in [0.15, 0.2) is 0 Å². The first-order valence-electron chi connectivity index (χ1n) is 8.36. The molecule has 0 aliphatic rings. The molecule has 25 heavy (non-hydrogen) atoms. The fraction of sp³-hybridized carbons (Fsp3) is 0.300. The van der Waals surface area contributed by atoms with E-state index < -0.39 is 0 Å². The number of amides is 2. The molecule has 0 bridgehead atoms. The summed E-state index contributed by atoms with van der Waals surface area (Å²) in [6, 6.07) is 14.1. The first-order chi connectivity index (χ1) is 11.9. The normalized spacial score (nSPS) is 10.4. The largest absolute Gasteiger partial charge is 0.494 e. The minimum Gasteiger partial charge on any atom is -0.494 e. The topological polar surface area (TPSA) is 67.4 Å². The highest BCUT2D eigenvalue weighted by atomic mass is 16.5. The second-order valence-corrected chi connectivity index (χ2v) is 6.27. The second-order valence-electron chi connectivity index (χ2n) is 6.27. The number of rotatable bonds is 7. The van der Waals surface area contributed by atoms with Crippen molar-refractivity contribution in [2.75, 3.05) is 17.2 Å². The molecular formula is C20H24N2O3. The van der Waals surface area contributed by atoms with Gasteiger partial charge in [-0.1, -0.05) is 26.0 Å². The standard InChI is InChI=1S/C20H24N2O3/c1-14(2)10-11-25-19-9-4-6-16(12-19)20(24)22-18-8-5-7-17(13-18)21-15(3)23/h4-9,12-14H,10-11H2,1-3H3,(H,21,23)(H,22,24). The van der Waals surface area contributed by atoms with Gasteiger partial charge in [-0.05, 0) is 48.7 Å². The molecule has 0 aliphatic carbocycles. The number of carbonyl (C=O) groups is 2. The molecule has 0 radical (unpaired) electrons. The van der Waals surface area contributed by atoms with E-state index in [-0.39, 0.29) is 11.8 Å². The zero-order valence-corrected chi connectivity index (χ0v) is 14.8. The van der Waals surface area contributed by atoms with Gasteiger partial charge >= 0.3 is 0 Å². The highest BCUT2D eigenvalue weighted by molar-refractivity contribution is 6.04. The average Bonchev–Trinajstić information content (AvgIpc) is 2.54. The van der Waals surface area contributed by atoms with Crippen LogP contribution in [0, 0.1) is 5.92 Å². The number of nitrogens with one attached hydrogen (secondary N) is 2. The second kappa shape index (κ2) is 8.87. The molecule has 2 amide bonds. The molecule has 2 aromatic carbocycles. The smallest absolute Gasteiger partial charge is 0.255 e. The molecule has 0 aromatic heterocycles. The lowest BCUT2D eigenvalue weighted by molar-refractivity contribution is -0.114. The van der Waals surface area contributed by atoms with Crippen LogP contribution in [0.15, 0.2) is 48.5 Å². The van der Waals surface area contributed by atoms with E-state index in [4.69, 9.17) is 4.74 Å². The van der Waals surface area contributed by atoms with E-state index in [1.807, 2.05) is 6.07 Å². The van der Waals surface area contributed by atoms with Crippen molar-refractivity contribution in [3.05, 3.63) is 54.1 Å². The van der Waals surface area contributed by atoms with Crippen molar-refractivity contribution in [1.82, 2.24) is 0 Å². The van der Waals surface area contributed by atoms with E-state index in [0.29, 0.717) is 35.2 Å². The SMILES string of the molecule is CC(=O)Nc1cccc(NC(=O)c2cccc(OCCC(C)C)c2)c1. The molecule has 0 fully saturated rings. The third-order valence-electron chi connectivity index (χ3n) is 3.50. The molecule has 0 aliphatic heterocycles. The molecule has 0 saturated heterocycles. The summed E-state index contributed by atoms with van der Waals surface area (Å²) in [5.41, 5.74) is 1.77. The van der Waals surface area contributed by atoms with Crippen LogP contribution in [0.5, 0.6) is 5.75 Å². The first kappa shape index (κ1) is 18.5. The van der Waals surface area contributed by atoms with Crippen LogP contribution in [0.1, 0.15) is 37.6 Å². The quantitative estimate of drug-likeness (QED) is 0.788. The lowest BCUT2D eigenvalue weighted by Gasteiger charge is -2.10. The Labute approximate surface area is 148 Å². The van der Waals surface area contributed by atoms with Crippen LogP contribution in [-0.2, 0) is 4.79 Å². The van der Waals surface area contributed by atoms with Crippen molar-refractivity contribution >= 4 is 23.2 Å². The van der Waals surface area contributed by atoms with Gasteiger partial charge in [0.05, 0.1) is 6.61 Å². The molecule has 0 saturated carbocycles. The van der Waals surface area contributed by atoms with Gasteiger partial charge < -0.3 is 15.4 Å². The third-order valence-corrected chi connectivity index (χ3v) is 3.50. The maximum Gasteiger partial charge on any atom is 0.255 e. The van der Waals surface area contributed by atoms with Crippen molar-refractivity contribution < 1.29 is 14.3 Å². The van der Waals surface area contributed by atoms with Gasteiger partial charge in [-0.25, -0.2) is 0 Å². The van der Waals surface area contributed by atoms with Crippen molar-refractivity contribution in [3.8, 4) is 5.75 Å². The molecule has 0 unspecified atom stereocenters. The van der Waals surface area contributed by atoms with E-state index in [2.05, 4.69) is 24.5 Å². The zero-order valence-electron chi connectivity index (χ0n) is 14.8. The van der Waals surface area contributed by atoms with Gasteiger partial charge in [0.25, 0.3) is 5.91 Å². The van der Waals surface area contributed by atoms with E-state index >= 15 is 0 Å². The highest BCUT2D eigenvalue weighted by Gasteiger charge is 2.08. The summed E-state index contributed by atoms with van der Waals surface area (Å²) < 4.78 is 5.69. The molecule has 0 spiro atoms. The number of carbonyl (C=O) groups excluding carboxylic acids is 2. The fourth-order valence-corrected chi connectivity index (χ4v) is 2.22. The van der Waals surface area contributed by atoms with E-state index in [9.17, 15) is 9.59 Å². The van der Waals surface area contributed by atoms with Crippen LogP contribution in [-0.4, -0.2) is 18.4 Å². The summed E-state index contributed by atoms with van der Waals surface area (Å²) in [6.45, 7) is 6.35. The predicted octanol–water partition coefficient (Wildman–Crippen LogP) is 4.32. The Morgan fingerprint density at radius 2 is 1.68 bits per heavy atom. The Hall–Kier alpha value is -2.82. The van der Waals surface area contributed by atoms with Crippen LogP contribution in [0.2, 0.25) is 0 Å². The zero-order chi connectivity index (χ0) is 18.2. The molecule has 2 rings (SSSR count). The molecular weight excluding hydrogens is 316 g/mol. The lowest BCUT2D eigenvalue weighted by Crippen LogP contribution is -2.13. The highest BCUT2D eigenvalue weighted by Crippen LogP contribution is 2.18. The van der Waals surface area contributed by atoms with Gasteiger partial charge in [-0.3, -0.25) is 9.59 Å². The minimum absolute atomic E-state index is 0.158. The van der Waals surface area contributed by atoms with E-state index in [1.54, 1.807) is 42.5 Å². The Bertz CT molecular complexity index is 741. The lowest BCUT2D eigenvalue weighted by atomic mass is 10.1. The molecule has 2 aromatic rings. The van der Waals surface area contributed by atoms with E-state index in [0.717, 1.165) is 6.42 Å². The summed E-state index contributed by atoms with van der Waals surface area (Å²) in [6.07, 6.45) is 0.965. The Morgan fingerprint density at radius 1 is 1.00 bits per heavy atom. The third kappa shape index (κ3) is 6.30. The maximum atomic E-state index is 12.4. The van der Waals surface area contributed by atoms with Crippen LogP contribution < -0.4 is 15.4 Å². The monoisotopic (exact) mass is 340 g/mol. The van der Waals surface area contributed by atoms with Crippen LogP contribution >= 0.6 is 0 Å². The molecule has 5 nitrogen and oxygen atoms in total. The van der Waals surface area contributed by atoms with Gasteiger partial charge in [-0.2, -0.15) is 0 Å². The molecule has 132 valence electrons. The van der Waals surface area contributed by atoms with Crippen molar-refractivity contribution in [2.24, 2.45) is 5.92 Å². The fourth-order valence-electron chi connectivity index (χ4n) is 2.22. The molecule has 5 heteroatoms. The van der Waals surface area contributed by atoms with Gasteiger partial charge in [0.2, 0.25) is 5.91 Å². The van der Waals surface area contributed by atoms with Crippen molar-refractivity contribution in [3.63, 3.8) is 0 Å². The maximum absolute atomic E-state index is 12.4. The number of hydrogen-bond acceptors (Lipinski definition) is 3. The van der Waals surface area contributed by atoms with E-state index in [1.165, 1.54) is 6.92 Å². The Balaban J connectivity index is 2.02. The molecule has 0 heterocycles. The van der Waals surface area contributed by atoms with Crippen LogP contribution in [0.25, 0.3) is 0 Å². The van der Waals surface area contributed by atoms with Gasteiger partial charge in [-0.15, -0.1) is 0 Å². The van der Waals surface area contributed by atoms with Crippen LogP contribution in [0.3, 0.4) is 0 Å². The Kier molecular flexibility index (Phi) is 6.57. The molecule has 0 atom stereocenters. The predicted molar refractivity (Wildman–Crippen MR) is 100 cm³/mol. The average molecular weight is 340 g/mol. The van der Waals surface area contributed by atoms with Gasteiger partial charge in [0, 0.05) is 23.9 Å². The van der Waals surface area contributed by atoms with Crippen molar-refractivity contribution in [2.45, 2.75) is 27.2 Å². The minimum atomic E-state index is -0.228. The van der Waals surface area contributed by atoms with Gasteiger partial charge in [0.1, 0.15) is 5.75 Å². The summed E-state index contributed by atoms with van der Waals surface area (Å²) >= 11 is 0. The summed E-state index contributed by atoms with van der Waals surface area (Å²) in [5, 5.41) is 5.52. The number of ether oxygens (including phenoxy) is 1. The first-order valence-corrected chi connectivity index (χ1v) is 8.36. The molecule has 2 N–H and O–H groups in total. The summed E-state index contributed by atoms with van der Waals surface area (Å²) in [4.78, 5) is 23.5. The van der Waals surface area contributed by atoms with Crippen LogP contribution in [0.4, 0.5) is 11.4 Å². The Morgan fingerprint density at radius 3 is 2.36 bits per heavy atom.